The Hall–Kier alpha value is -3.58. The zero-order valence-corrected chi connectivity index (χ0v) is 18.9. The summed E-state index contributed by atoms with van der Waals surface area (Å²) in [6.45, 7) is 7.57. The number of hydrogen-bond donors (Lipinski definition) is 1. The SMILES string of the molecule is Cc1n[nH]c(C)c1C(c1ccccc1)N1CCN(c2nccnc2-c2ccc(F)cc2)CC1. The average Bonchev–Trinajstić information content (AvgIpc) is 3.19. The largest absolute Gasteiger partial charge is 0.352 e. The van der Waals surface area contributed by atoms with Gasteiger partial charge in [-0.2, -0.15) is 5.10 Å². The summed E-state index contributed by atoms with van der Waals surface area (Å²) in [5.74, 6) is 0.588. The third kappa shape index (κ3) is 4.24. The fraction of sp³-hybridized carbons (Fsp3) is 0.269. The van der Waals surface area contributed by atoms with Crippen molar-refractivity contribution >= 4 is 5.82 Å². The second-order valence-electron chi connectivity index (χ2n) is 8.42. The number of H-pyrrole nitrogens is 1. The number of rotatable bonds is 5. The maximum atomic E-state index is 13.4. The zero-order valence-electron chi connectivity index (χ0n) is 18.9. The number of anilines is 1. The smallest absolute Gasteiger partial charge is 0.155 e. The van der Waals surface area contributed by atoms with Crippen molar-refractivity contribution in [1.82, 2.24) is 25.1 Å². The van der Waals surface area contributed by atoms with Crippen LogP contribution in [0.3, 0.4) is 0 Å². The van der Waals surface area contributed by atoms with Crippen molar-refractivity contribution in [3.05, 3.63) is 95.3 Å². The predicted octanol–water partition coefficient (Wildman–Crippen LogP) is 4.53. The molecule has 4 aromatic rings. The van der Waals surface area contributed by atoms with Crippen LogP contribution in [-0.2, 0) is 0 Å². The van der Waals surface area contributed by atoms with Gasteiger partial charge < -0.3 is 4.90 Å². The minimum atomic E-state index is -0.255. The van der Waals surface area contributed by atoms with E-state index in [1.807, 2.05) is 0 Å². The van der Waals surface area contributed by atoms with Crippen molar-refractivity contribution in [2.45, 2.75) is 19.9 Å². The first-order chi connectivity index (χ1) is 16.1. The quantitative estimate of drug-likeness (QED) is 0.492. The number of aromatic nitrogens is 4. The fourth-order valence-corrected chi connectivity index (χ4v) is 4.72. The lowest BCUT2D eigenvalue weighted by atomic mass is 9.95. The summed E-state index contributed by atoms with van der Waals surface area (Å²) in [5.41, 5.74) is 6.32. The van der Waals surface area contributed by atoms with E-state index in [1.54, 1.807) is 24.5 Å². The molecule has 33 heavy (non-hydrogen) atoms. The van der Waals surface area contributed by atoms with Crippen LogP contribution in [0.4, 0.5) is 10.2 Å². The van der Waals surface area contributed by atoms with Crippen molar-refractivity contribution in [3.8, 4) is 11.3 Å². The van der Waals surface area contributed by atoms with Crippen LogP contribution in [-0.4, -0.2) is 51.2 Å². The van der Waals surface area contributed by atoms with Gasteiger partial charge in [0.05, 0.1) is 11.7 Å². The maximum absolute atomic E-state index is 13.4. The van der Waals surface area contributed by atoms with Gasteiger partial charge in [0, 0.05) is 55.4 Å². The van der Waals surface area contributed by atoms with Gasteiger partial charge in [-0.1, -0.05) is 30.3 Å². The van der Waals surface area contributed by atoms with Crippen molar-refractivity contribution in [3.63, 3.8) is 0 Å². The topological polar surface area (TPSA) is 60.9 Å². The molecule has 1 saturated heterocycles. The number of piperazine rings is 1. The summed E-state index contributed by atoms with van der Waals surface area (Å²) in [6.07, 6.45) is 3.41. The summed E-state index contributed by atoms with van der Waals surface area (Å²) in [6, 6.07) is 17.2. The van der Waals surface area contributed by atoms with Crippen molar-refractivity contribution < 1.29 is 4.39 Å². The highest BCUT2D eigenvalue weighted by Gasteiger charge is 2.30. The number of halogens is 1. The summed E-state index contributed by atoms with van der Waals surface area (Å²) < 4.78 is 13.4. The third-order valence-corrected chi connectivity index (χ3v) is 6.35. The standard InChI is InChI=1S/C26H27FN6/c1-18-23(19(2)31-30-18)25(21-6-4-3-5-7-21)32-14-16-33(17-15-32)26-24(28-12-13-29-26)20-8-10-22(27)11-9-20/h3-13,25H,14-17H2,1-2H3,(H,30,31). The molecule has 3 heterocycles. The molecular weight excluding hydrogens is 415 g/mol. The number of benzene rings is 2. The first kappa shape index (κ1) is 21.3. The molecule has 1 N–H and O–H groups in total. The average molecular weight is 443 g/mol. The monoisotopic (exact) mass is 442 g/mol. The van der Waals surface area contributed by atoms with E-state index in [4.69, 9.17) is 0 Å². The summed E-state index contributed by atoms with van der Waals surface area (Å²) in [4.78, 5) is 14.0. The van der Waals surface area contributed by atoms with Gasteiger partial charge in [0.1, 0.15) is 11.5 Å². The highest BCUT2D eigenvalue weighted by molar-refractivity contribution is 5.72. The molecular formula is C26H27FN6. The molecule has 2 aromatic carbocycles. The van der Waals surface area contributed by atoms with Crippen LogP contribution in [0.5, 0.6) is 0 Å². The lowest BCUT2D eigenvalue weighted by molar-refractivity contribution is 0.211. The number of nitrogens with one attached hydrogen (secondary N) is 1. The minimum Gasteiger partial charge on any atom is -0.352 e. The Kier molecular flexibility index (Phi) is 5.88. The van der Waals surface area contributed by atoms with Crippen LogP contribution in [0.2, 0.25) is 0 Å². The molecule has 1 atom stereocenters. The highest BCUT2D eigenvalue weighted by Crippen LogP contribution is 2.34. The lowest BCUT2D eigenvalue weighted by Crippen LogP contribution is -2.48. The molecule has 0 saturated carbocycles. The Morgan fingerprint density at radius 2 is 1.58 bits per heavy atom. The van der Waals surface area contributed by atoms with E-state index in [0.717, 1.165) is 54.6 Å². The Balaban J connectivity index is 1.41. The minimum absolute atomic E-state index is 0.144. The van der Waals surface area contributed by atoms with Gasteiger partial charge >= 0.3 is 0 Å². The molecule has 7 heteroatoms. The van der Waals surface area contributed by atoms with E-state index in [2.05, 4.69) is 74.1 Å². The van der Waals surface area contributed by atoms with Crippen LogP contribution in [0.15, 0.2) is 67.0 Å². The molecule has 1 aliphatic rings. The van der Waals surface area contributed by atoms with Gasteiger partial charge in [0.15, 0.2) is 5.82 Å². The molecule has 0 amide bonds. The van der Waals surface area contributed by atoms with E-state index in [1.165, 1.54) is 23.3 Å². The van der Waals surface area contributed by atoms with E-state index >= 15 is 0 Å². The lowest BCUT2D eigenvalue weighted by Gasteiger charge is -2.40. The second-order valence-corrected chi connectivity index (χ2v) is 8.42. The Labute approximate surface area is 193 Å². The molecule has 1 aliphatic heterocycles. The third-order valence-electron chi connectivity index (χ3n) is 6.35. The van der Waals surface area contributed by atoms with Crippen LogP contribution < -0.4 is 4.90 Å². The maximum Gasteiger partial charge on any atom is 0.155 e. The molecule has 1 fully saturated rings. The first-order valence-electron chi connectivity index (χ1n) is 11.2. The second kappa shape index (κ2) is 9.11. The molecule has 2 aromatic heterocycles. The van der Waals surface area contributed by atoms with Crippen molar-refractivity contribution in [2.75, 3.05) is 31.1 Å². The summed E-state index contributed by atoms with van der Waals surface area (Å²) in [7, 11) is 0. The highest BCUT2D eigenvalue weighted by atomic mass is 19.1. The van der Waals surface area contributed by atoms with Crippen LogP contribution in [0.1, 0.15) is 28.6 Å². The molecule has 1 unspecified atom stereocenters. The summed E-state index contributed by atoms with van der Waals surface area (Å²) >= 11 is 0. The Morgan fingerprint density at radius 1 is 0.879 bits per heavy atom. The van der Waals surface area contributed by atoms with Gasteiger partial charge in [0.2, 0.25) is 0 Å². The first-order valence-corrected chi connectivity index (χ1v) is 11.2. The molecule has 0 radical (unpaired) electrons. The number of nitrogens with zero attached hydrogens (tertiary/aromatic N) is 5. The van der Waals surface area contributed by atoms with E-state index in [-0.39, 0.29) is 11.9 Å². The number of aromatic amines is 1. The van der Waals surface area contributed by atoms with E-state index < -0.39 is 0 Å². The van der Waals surface area contributed by atoms with Gasteiger partial charge in [-0.3, -0.25) is 15.0 Å². The van der Waals surface area contributed by atoms with Crippen LogP contribution in [0.25, 0.3) is 11.3 Å². The molecule has 0 bridgehead atoms. The van der Waals surface area contributed by atoms with Crippen LogP contribution in [0, 0.1) is 19.7 Å². The Bertz CT molecular complexity index is 1190. The molecule has 0 aliphatic carbocycles. The van der Waals surface area contributed by atoms with Crippen molar-refractivity contribution in [2.24, 2.45) is 0 Å². The fourth-order valence-electron chi connectivity index (χ4n) is 4.72. The van der Waals surface area contributed by atoms with E-state index in [9.17, 15) is 4.39 Å². The predicted molar refractivity (Wildman–Crippen MR) is 128 cm³/mol. The van der Waals surface area contributed by atoms with Gasteiger partial charge in [0.25, 0.3) is 0 Å². The molecule has 0 spiro atoms. The van der Waals surface area contributed by atoms with Crippen LogP contribution >= 0.6 is 0 Å². The van der Waals surface area contributed by atoms with Gasteiger partial charge in [-0.25, -0.2) is 9.37 Å². The normalized spacial score (nSPS) is 15.5. The zero-order chi connectivity index (χ0) is 22.8. The number of aryl methyl sites for hydroxylation is 2. The molecule has 5 rings (SSSR count). The van der Waals surface area contributed by atoms with Gasteiger partial charge in [-0.05, 0) is 43.7 Å². The van der Waals surface area contributed by atoms with Gasteiger partial charge in [-0.15, -0.1) is 0 Å². The number of hydrogen-bond acceptors (Lipinski definition) is 5. The molecule has 6 nitrogen and oxygen atoms in total. The van der Waals surface area contributed by atoms with Crippen molar-refractivity contribution in [1.29, 1.82) is 0 Å². The summed E-state index contributed by atoms with van der Waals surface area (Å²) in [5, 5.41) is 7.62. The van der Waals surface area contributed by atoms with E-state index in [0.29, 0.717) is 0 Å². The molecule has 168 valence electrons. The Morgan fingerprint density at radius 3 is 2.24 bits per heavy atom.